The molecule has 64 valence electrons. The molecular formula is C10H12O2. The van der Waals surface area contributed by atoms with E-state index in [9.17, 15) is 0 Å². The molecule has 0 amide bonds. The van der Waals surface area contributed by atoms with E-state index in [1.165, 1.54) is 12.2 Å². The van der Waals surface area contributed by atoms with Crippen LogP contribution in [0.2, 0.25) is 0 Å². The predicted molar refractivity (Wildman–Crippen MR) is 48.1 cm³/mol. The Morgan fingerprint density at radius 3 is 1.50 bits per heavy atom. The van der Waals surface area contributed by atoms with Crippen LogP contribution in [0.5, 0.6) is 0 Å². The van der Waals surface area contributed by atoms with Crippen LogP contribution < -0.4 is 0 Å². The lowest BCUT2D eigenvalue weighted by Crippen LogP contribution is -1.92. The second-order valence-electron chi connectivity index (χ2n) is 2.26. The maximum absolute atomic E-state index is 8.71. The molecule has 12 heavy (non-hydrogen) atoms. The molecule has 0 spiro atoms. The minimum atomic E-state index is -0.612. The van der Waals surface area contributed by atoms with Gasteiger partial charge in [0, 0.05) is 0 Å². The molecule has 0 aromatic heterocycles. The van der Waals surface area contributed by atoms with Gasteiger partial charge in [-0.15, -0.1) is 0 Å². The van der Waals surface area contributed by atoms with E-state index >= 15 is 0 Å². The number of rotatable bonds is 0. The first-order chi connectivity index (χ1) is 5.63. The van der Waals surface area contributed by atoms with Gasteiger partial charge < -0.3 is 10.2 Å². The lowest BCUT2D eigenvalue weighted by atomic mass is 10.3. The molecule has 2 atom stereocenters. The van der Waals surface area contributed by atoms with Gasteiger partial charge in [-0.3, -0.25) is 0 Å². The molecule has 0 radical (unpaired) electrons. The standard InChI is InChI=1S/C10H12O2/c1-9(11)7-5-3-4-6-8-10(2)12/h3-4,9-12H,1-2H3. The average Bonchev–Trinajstić information content (AvgIpc) is 1.95. The summed E-state index contributed by atoms with van der Waals surface area (Å²) in [5, 5.41) is 17.4. The Balaban J connectivity index is 3.83. The topological polar surface area (TPSA) is 40.5 Å². The minimum absolute atomic E-state index is 0.612. The quantitative estimate of drug-likeness (QED) is 0.506. The van der Waals surface area contributed by atoms with Gasteiger partial charge in [-0.2, -0.15) is 0 Å². The molecule has 2 unspecified atom stereocenters. The van der Waals surface area contributed by atoms with Crippen LogP contribution in [0.25, 0.3) is 0 Å². The molecular weight excluding hydrogens is 152 g/mol. The van der Waals surface area contributed by atoms with Crippen molar-refractivity contribution in [1.82, 2.24) is 0 Å². The van der Waals surface area contributed by atoms with E-state index in [0.29, 0.717) is 0 Å². The van der Waals surface area contributed by atoms with Gasteiger partial charge in [-0.1, -0.05) is 23.7 Å². The summed E-state index contributed by atoms with van der Waals surface area (Å²) >= 11 is 0. The van der Waals surface area contributed by atoms with Gasteiger partial charge in [0.2, 0.25) is 0 Å². The highest BCUT2D eigenvalue weighted by molar-refractivity contribution is 5.26. The SMILES string of the molecule is CC(O)C#CC=CC#CC(C)O. The molecule has 0 aromatic rings. The molecule has 0 bridgehead atoms. The van der Waals surface area contributed by atoms with Crippen LogP contribution in [0, 0.1) is 23.7 Å². The molecule has 0 rings (SSSR count). The highest BCUT2D eigenvalue weighted by Gasteiger charge is 1.80. The maximum Gasteiger partial charge on any atom is 0.112 e. The van der Waals surface area contributed by atoms with Crippen LogP contribution in [0.1, 0.15) is 13.8 Å². The van der Waals surface area contributed by atoms with Gasteiger partial charge in [0.15, 0.2) is 0 Å². The van der Waals surface area contributed by atoms with E-state index in [2.05, 4.69) is 23.7 Å². The Kier molecular flexibility index (Phi) is 5.83. The van der Waals surface area contributed by atoms with Crippen molar-refractivity contribution in [2.75, 3.05) is 0 Å². The van der Waals surface area contributed by atoms with Crippen molar-refractivity contribution >= 4 is 0 Å². The first kappa shape index (κ1) is 10.8. The third-order valence-corrected chi connectivity index (χ3v) is 0.834. The lowest BCUT2D eigenvalue weighted by Gasteiger charge is -1.84. The molecule has 0 saturated carbocycles. The second-order valence-corrected chi connectivity index (χ2v) is 2.26. The van der Waals surface area contributed by atoms with Gasteiger partial charge in [0.05, 0.1) is 0 Å². The first-order valence-electron chi connectivity index (χ1n) is 3.66. The van der Waals surface area contributed by atoms with E-state index in [1.807, 2.05) is 0 Å². The van der Waals surface area contributed by atoms with Crippen molar-refractivity contribution in [2.45, 2.75) is 26.1 Å². The van der Waals surface area contributed by atoms with E-state index in [4.69, 9.17) is 10.2 Å². The number of aliphatic hydroxyl groups is 2. The third kappa shape index (κ3) is 8.78. The largest absolute Gasteiger partial charge is 0.381 e. The smallest absolute Gasteiger partial charge is 0.112 e. The number of aliphatic hydroxyl groups excluding tert-OH is 2. The molecule has 2 heteroatoms. The zero-order valence-corrected chi connectivity index (χ0v) is 7.20. The van der Waals surface area contributed by atoms with E-state index in [1.54, 1.807) is 13.8 Å². The zero-order valence-electron chi connectivity index (χ0n) is 7.20. The van der Waals surface area contributed by atoms with Crippen molar-refractivity contribution in [3.63, 3.8) is 0 Å². The van der Waals surface area contributed by atoms with Crippen LogP contribution in [0.4, 0.5) is 0 Å². The molecule has 0 aliphatic heterocycles. The summed E-state index contributed by atoms with van der Waals surface area (Å²) in [6.45, 7) is 3.17. The van der Waals surface area contributed by atoms with Crippen molar-refractivity contribution in [3.8, 4) is 23.7 Å². The molecule has 2 nitrogen and oxygen atoms in total. The summed E-state index contributed by atoms with van der Waals surface area (Å²) in [7, 11) is 0. The highest BCUT2D eigenvalue weighted by atomic mass is 16.3. The molecule has 0 aliphatic carbocycles. The summed E-state index contributed by atoms with van der Waals surface area (Å²) in [6, 6.07) is 0. The maximum atomic E-state index is 8.71. The molecule has 0 fully saturated rings. The molecule has 0 aliphatic rings. The van der Waals surface area contributed by atoms with E-state index < -0.39 is 12.2 Å². The van der Waals surface area contributed by atoms with Crippen LogP contribution in [-0.2, 0) is 0 Å². The Morgan fingerprint density at radius 1 is 0.917 bits per heavy atom. The molecule has 0 saturated heterocycles. The fourth-order valence-corrected chi connectivity index (χ4v) is 0.421. The Hall–Kier alpha value is -1.22. The lowest BCUT2D eigenvalue weighted by molar-refractivity contribution is 0.253. The summed E-state index contributed by atoms with van der Waals surface area (Å²) in [5.74, 6) is 10.2. The predicted octanol–water partition coefficient (Wildman–Crippen LogP) is 0.311. The summed E-state index contributed by atoms with van der Waals surface area (Å²) in [4.78, 5) is 0. The second kappa shape index (κ2) is 6.49. The Labute approximate surface area is 72.9 Å². The number of allylic oxidation sites excluding steroid dienone is 2. The zero-order chi connectivity index (χ0) is 9.40. The number of hydrogen-bond acceptors (Lipinski definition) is 2. The third-order valence-electron chi connectivity index (χ3n) is 0.834. The van der Waals surface area contributed by atoms with Crippen molar-refractivity contribution in [3.05, 3.63) is 12.2 Å². The van der Waals surface area contributed by atoms with Crippen LogP contribution in [-0.4, -0.2) is 22.4 Å². The summed E-state index contributed by atoms with van der Waals surface area (Å²) in [6.07, 6.45) is 1.84. The first-order valence-corrected chi connectivity index (χ1v) is 3.66. The highest BCUT2D eigenvalue weighted by Crippen LogP contribution is 1.75. The van der Waals surface area contributed by atoms with E-state index in [-0.39, 0.29) is 0 Å². The normalized spacial score (nSPS) is 14.0. The van der Waals surface area contributed by atoms with Gasteiger partial charge in [-0.05, 0) is 26.0 Å². The minimum Gasteiger partial charge on any atom is -0.381 e. The van der Waals surface area contributed by atoms with Crippen molar-refractivity contribution in [1.29, 1.82) is 0 Å². The van der Waals surface area contributed by atoms with Crippen molar-refractivity contribution < 1.29 is 10.2 Å². The van der Waals surface area contributed by atoms with Crippen LogP contribution >= 0.6 is 0 Å². The Morgan fingerprint density at radius 2 is 1.25 bits per heavy atom. The number of hydrogen-bond donors (Lipinski definition) is 2. The van der Waals surface area contributed by atoms with Gasteiger partial charge in [-0.25, -0.2) is 0 Å². The monoisotopic (exact) mass is 164 g/mol. The van der Waals surface area contributed by atoms with Gasteiger partial charge >= 0.3 is 0 Å². The van der Waals surface area contributed by atoms with Crippen molar-refractivity contribution in [2.24, 2.45) is 0 Å². The van der Waals surface area contributed by atoms with Gasteiger partial charge in [0.1, 0.15) is 12.2 Å². The molecule has 0 heterocycles. The van der Waals surface area contributed by atoms with Crippen LogP contribution in [0.15, 0.2) is 12.2 Å². The summed E-state index contributed by atoms with van der Waals surface area (Å²) < 4.78 is 0. The fraction of sp³-hybridized carbons (Fsp3) is 0.400. The molecule has 2 N–H and O–H groups in total. The Bertz CT molecular complexity index is 225. The molecule has 0 aromatic carbocycles. The van der Waals surface area contributed by atoms with E-state index in [0.717, 1.165) is 0 Å². The summed E-state index contributed by atoms with van der Waals surface area (Å²) in [5.41, 5.74) is 0. The fourth-order valence-electron chi connectivity index (χ4n) is 0.421. The van der Waals surface area contributed by atoms with Crippen LogP contribution in [0.3, 0.4) is 0 Å². The average molecular weight is 164 g/mol. The van der Waals surface area contributed by atoms with Gasteiger partial charge in [0.25, 0.3) is 0 Å².